The second-order valence-corrected chi connectivity index (χ2v) is 6.93. The number of aryl methyl sites for hydroxylation is 2. The predicted octanol–water partition coefficient (Wildman–Crippen LogP) is 3.57. The fourth-order valence-electron chi connectivity index (χ4n) is 3.23. The highest BCUT2D eigenvalue weighted by molar-refractivity contribution is 5.35. The maximum atomic E-state index is 5.99. The third-order valence-corrected chi connectivity index (χ3v) is 4.77. The summed E-state index contributed by atoms with van der Waals surface area (Å²) in [5.74, 6) is 1.79. The Labute approximate surface area is 134 Å². The van der Waals surface area contributed by atoms with Crippen LogP contribution in [-0.4, -0.2) is 43.9 Å². The first-order valence-corrected chi connectivity index (χ1v) is 8.74. The Bertz CT molecular complexity index is 478. The zero-order valence-electron chi connectivity index (χ0n) is 14.0. The molecule has 1 unspecified atom stereocenters. The molecule has 1 aliphatic carbocycles. The Kier molecular flexibility index (Phi) is 5.37. The molecule has 0 bridgehead atoms. The molecule has 3 rings (SSSR count). The van der Waals surface area contributed by atoms with Gasteiger partial charge in [0, 0.05) is 25.7 Å². The minimum Gasteiger partial charge on any atom is -0.493 e. The van der Waals surface area contributed by atoms with Crippen molar-refractivity contribution in [3.05, 3.63) is 29.3 Å². The van der Waals surface area contributed by atoms with Crippen LogP contribution in [0.2, 0.25) is 0 Å². The van der Waals surface area contributed by atoms with Crippen molar-refractivity contribution < 1.29 is 9.47 Å². The van der Waals surface area contributed by atoms with Crippen LogP contribution in [0.5, 0.6) is 5.75 Å². The Hall–Kier alpha value is -1.06. The standard InChI is InChI=1S/C19H29NO2/c1-15-4-5-16(2)19(12-15)22-10-3-9-20(18-6-7-18)13-17-8-11-21-14-17/h4-5,12,17-18H,3,6-11,13-14H2,1-2H3. The second kappa shape index (κ2) is 7.47. The fourth-order valence-corrected chi connectivity index (χ4v) is 3.23. The SMILES string of the molecule is Cc1ccc(C)c(OCCCN(CC2CCOC2)C2CC2)c1. The van der Waals surface area contributed by atoms with Gasteiger partial charge in [0.15, 0.2) is 0 Å². The number of nitrogens with zero attached hydrogens (tertiary/aromatic N) is 1. The summed E-state index contributed by atoms with van der Waals surface area (Å²) in [6, 6.07) is 7.26. The average molecular weight is 303 g/mol. The largest absolute Gasteiger partial charge is 0.493 e. The van der Waals surface area contributed by atoms with E-state index in [1.165, 1.54) is 36.9 Å². The highest BCUT2D eigenvalue weighted by Gasteiger charge is 2.31. The lowest BCUT2D eigenvalue weighted by Gasteiger charge is -2.24. The monoisotopic (exact) mass is 303 g/mol. The predicted molar refractivity (Wildman–Crippen MR) is 89.5 cm³/mol. The first-order chi connectivity index (χ1) is 10.7. The molecule has 3 nitrogen and oxygen atoms in total. The third-order valence-electron chi connectivity index (χ3n) is 4.77. The smallest absolute Gasteiger partial charge is 0.122 e. The van der Waals surface area contributed by atoms with Crippen LogP contribution >= 0.6 is 0 Å². The quantitative estimate of drug-likeness (QED) is 0.685. The highest BCUT2D eigenvalue weighted by atomic mass is 16.5. The Morgan fingerprint density at radius 2 is 2.09 bits per heavy atom. The maximum Gasteiger partial charge on any atom is 0.122 e. The van der Waals surface area contributed by atoms with Crippen molar-refractivity contribution in [1.29, 1.82) is 0 Å². The summed E-state index contributed by atoms with van der Waals surface area (Å²) in [5, 5.41) is 0. The summed E-state index contributed by atoms with van der Waals surface area (Å²) in [7, 11) is 0. The molecule has 0 radical (unpaired) electrons. The summed E-state index contributed by atoms with van der Waals surface area (Å²) in [5.41, 5.74) is 2.49. The van der Waals surface area contributed by atoms with Gasteiger partial charge in [-0.3, -0.25) is 4.90 Å². The number of rotatable bonds is 8. The van der Waals surface area contributed by atoms with Crippen LogP contribution < -0.4 is 4.74 Å². The lowest BCUT2D eigenvalue weighted by atomic mass is 10.1. The molecule has 1 saturated carbocycles. The van der Waals surface area contributed by atoms with E-state index in [1.807, 2.05) is 0 Å². The molecule has 1 aliphatic heterocycles. The van der Waals surface area contributed by atoms with Crippen molar-refractivity contribution in [2.75, 3.05) is 32.9 Å². The van der Waals surface area contributed by atoms with Gasteiger partial charge in [-0.1, -0.05) is 12.1 Å². The molecule has 1 heterocycles. The summed E-state index contributed by atoms with van der Waals surface area (Å²) in [6.45, 7) is 9.34. The van der Waals surface area contributed by atoms with Gasteiger partial charge in [0.25, 0.3) is 0 Å². The molecule has 122 valence electrons. The number of hydrogen-bond acceptors (Lipinski definition) is 3. The lowest BCUT2D eigenvalue weighted by molar-refractivity contribution is 0.159. The van der Waals surface area contributed by atoms with Gasteiger partial charge in [-0.2, -0.15) is 0 Å². The molecule has 0 N–H and O–H groups in total. The zero-order valence-corrected chi connectivity index (χ0v) is 14.0. The Balaban J connectivity index is 1.41. The molecule has 1 atom stereocenters. The van der Waals surface area contributed by atoms with Crippen molar-refractivity contribution in [3.63, 3.8) is 0 Å². The van der Waals surface area contributed by atoms with Crippen LogP contribution in [-0.2, 0) is 4.74 Å². The van der Waals surface area contributed by atoms with E-state index in [1.54, 1.807) is 0 Å². The Morgan fingerprint density at radius 1 is 1.23 bits per heavy atom. The van der Waals surface area contributed by atoms with Gasteiger partial charge in [-0.25, -0.2) is 0 Å². The second-order valence-electron chi connectivity index (χ2n) is 6.93. The van der Waals surface area contributed by atoms with Crippen molar-refractivity contribution >= 4 is 0 Å². The molecule has 0 amide bonds. The van der Waals surface area contributed by atoms with E-state index in [4.69, 9.17) is 9.47 Å². The van der Waals surface area contributed by atoms with E-state index < -0.39 is 0 Å². The molecule has 0 aromatic heterocycles. The lowest BCUT2D eigenvalue weighted by Crippen LogP contribution is -2.33. The van der Waals surface area contributed by atoms with Gasteiger partial charge in [-0.15, -0.1) is 0 Å². The zero-order chi connectivity index (χ0) is 15.4. The van der Waals surface area contributed by atoms with E-state index in [0.717, 1.165) is 50.5 Å². The van der Waals surface area contributed by atoms with E-state index in [0.29, 0.717) is 0 Å². The molecule has 2 fully saturated rings. The van der Waals surface area contributed by atoms with Crippen LogP contribution in [0.25, 0.3) is 0 Å². The number of hydrogen-bond donors (Lipinski definition) is 0. The average Bonchev–Trinajstić information content (AvgIpc) is 3.23. The van der Waals surface area contributed by atoms with Crippen molar-refractivity contribution in [1.82, 2.24) is 4.90 Å². The molecule has 1 aromatic carbocycles. The maximum absolute atomic E-state index is 5.99. The van der Waals surface area contributed by atoms with Crippen LogP contribution in [0, 0.1) is 19.8 Å². The molecule has 0 spiro atoms. The van der Waals surface area contributed by atoms with Crippen molar-refractivity contribution in [2.45, 2.75) is 45.6 Å². The first kappa shape index (κ1) is 15.8. The topological polar surface area (TPSA) is 21.7 Å². The fraction of sp³-hybridized carbons (Fsp3) is 0.684. The van der Waals surface area contributed by atoms with Crippen molar-refractivity contribution in [2.24, 2.45) is 5.92 Å². The van der Waals surface area contributed by atoms with Gasteiger partial charge in [0.2, 0.25) is 0 Å². The van der Waals surface area contributed by atoms with E-state index in [2.05, 4.69) is 36.9 Å². The van der Waals surface area contributed by atoms with E-state index in [9.17, 15) is 0 Å². The van der Waals surface area contributed by atoms with Crippen molar-refractivity contribution in [3.8, 4) is 5.75 Å². The third kappa shape index (κ3) is 4.47. The van der Waals surface area contributed by atoms with Gasteiger partial charge in [-0.05, 0) is 62.6 Å². The van der Waals surface area contributed by atoms with Gasteiger partial charge >= 0.3 is 0 Å². The molecule has 2 aliphatic rings. The van der Waals surface area contributed by atoms with Crippen LogP contribution in [0.3, 0.4) is 0 Å². The Morgan fingerprint density at radius 3 is 2.82 bits per heavy atom. The number of ether oxygens (including phenoxy) is 2. The number of benzene rings is 1. The highest BCUT2D eigenvalue weighted by Crippen LogP contribution is 2.29. The molecular weight excluding hydrogens is 274 g/mol. The molecule has 3 heteroatoms. The molecule has 1 aromatic rings. The molecular formula is C19H29NO2. The van der Waals surface area contributed by atoms with Crippen LogP contribution in [0.15, 0.2) is 18.2 Å². The summed E-state index contributed by atoms with van der Waals surface area (Å²) in [6.07, 6.45) is 5.11. The minimum atomic E-state index is 0.750. The first-order valence-electron chi connectivity index (χ1n) is 8.74. The summed E-state index contributed by atoms with van der Waals surface area (Å²) in [4.78, 5) is 2.67. The van der Waals surface area contributed by atoms with Crippen LogP contribution in [0.4, 0.5) is 0 Å². The van der Waals surface area contributed by atoms with Crippen LogP contribution in [0.1, 0.15) is 36.8 Å². The van der Waals surface area contributed by atoms with E-state index >= 15 is 0 Å². The van der Waals surface area contributed by atoms with Gasteiger partial charge in [0.05, 0.1) is 13.2 Å². The normalized spacial score (nSPS) is 21.5. The summed E-state index contributed by atoms with van der Waals surface area (Å²) < 4.78 is 11.5. The molecule has 22 heavy (non-hydrogen) atoms. The van der Waals surface area contributed by atoms with Gasteiger partial charge < -0.3 is 9.47 Å². The van der Waals surface area contributed by atoms with E-state index in [-0.39, 0.29) is 0 Å². The van der Waals surface area contributed by atoms with Gasteiger partial charge in [0.1, 0.15) is 5.75 Å². The molecule has 1 saturated heterocycles. The minimum absolute atomic E-state index is 0.750. The summed E-state index contributed by atoms with van der Waals surface area (Å²) >= 11 is 0.